The number of hydrogen-bond acceptors (Lipinski definition) is 1. The molecule has 0 spiro atoms. The molecule has 4 heteroatoms. The number of hydrogen-bond donors (Lipinski definition) is 0. The minimum Gasteiger partial charge on any atom is -0.0622 e. The number of pyridine rings is 1. The maximum Gasteiger partial charge on any atom is -0.0134 e. The number of aromatic nitrogens is 1. The number of nitrogens with zero attached hydrogens (tertiary/aromatic N) is 1. The molecule has 0 fully saturated rings. The van der Waals surface area contributed by atoms with Gasteiger partial charge in [-0.15, -0.1) is 0 Å². The molecule has 0 unspecified atom stereocenters. The van der Waals surface area contributed by atoms with Crippen LogP contribution in [0.1, 0.15) is 24.6 Å². The second kappa shape index (κ2) is 13.3. The van der Waals surface area contributed by atoms with Crippen molar-refractivity contribution in [1.29, 1.82) is 0 Å². The summed E-state index contributed by atoms with van der Waals surface area (Å²) < 4.78 is 16.4. The van der Waals surface area contributed by atoms with Crippen molar-refractivity contribution in [3.8, 4) is 10.1 Å². The van der Waals surface area contributed by atoms with Crippen LogP contribution in [0, 0.1) is 15.9 Å². The predicted molar refractivity (Wildman–Crippen MR) is 148 cm³/mol. The van der Waals surface area contributed by atoms with Crippen molar-refractivity contribution in [3.05, 3.63) is 132 Å². The minimum absolute atomic E-state index is 0.243. The molecule has 1 aromatic heterocycles. The van der Waals surface area contributed by atoms with Crippen LogP contribution in [0.15, 0.2) is 115 Å². The third-order valence-electron chi connectivity index (χ3n) is 5.58. The van der Waals surface area contributed by atoms with Gasteiger partial charge >= 0.3 is 113 Å². The van der Waals surface area contributed by atoms with Crippen LogP contribution in [-0.4, -0.2) is 4.98 Å². The molecule has 4 aromatic carbocycles. The van der Waals surface area contributed by atoms with E-state index in [1.807, 2.05) is 6.07 Å². The Morgan fingerprint density at radius 2 is 1.25 bits per heavy atom. The molecule has 1 heterocycles. The first-order valence-electron chi connectivity index (χ1n) is 11.8. The maximum absolute atomic E-state index is 13.6. The fourth-order valence-electron chi connectivity index (χ4n) is 3.94. The summed E-state index contributed by atoms with van der Waals surface area (Å²) in [6.45, 7) is 2.10. The number of halogens is 1. The summed E-state index contributed by atoms with van der Waals surface area (Å²) in [6.07, 6.45) is 1.93. The average Bonchev–Trinajstić information content (AvgIpc) is 2.93. The smallest absolute Gasteiger partial charge is 0.0134 e. The minimum atomic E-state index is -0.446. The summed E-state index contributed by atoms with van der Waals surface area (Å²) in [7, 11) is -0.446. The Balaban J connectivity index is 0.000000170. The molecule has 0 atom stereocenters. The Morgan fingerprint density at radius 1 is 0.722 bits per heavy atom. The van der Waals surface area contributed by atoms with E-state index in [4.69, 9.17) is 0 Å². The van der Waals surface area contributed by atoms with Gasteiger partial charge in [-0.1, -0.05) is 91.0 Å². The standard InChI is InChI=1S/C18H15P.C14H11FN.Au/c1-4-10-16(11-5-1)19(17-12-6-2-7-13-17)18-14-8-3-9-15-18;1-3-5-11-7-8-12-13(15)9-6-10(4-2)14(12)16-11;/h1-15H;6-9H,3,5H2,1H3;. The van der Waals surface area contributed by atoms with Gasteiger partial charge in [-0.2, -0.15) is 0 Å². The van der Waals surface area contributed by atoms with E-state index in [0.29, 0.717) is 10.9 Å². The van der Waals surface area contributed by atoms with E-state index in [9.17, 15) is 4.39 Å². The van der Waals surface area contributed by atoms with Gasteiger partial charge in [-0.05, 0) is 23.8 Å². The largest absolute Gasteiger partial charge is 0.0622 e. The van der Waals surface area contributed by atoms with Gasteiger partial charge in [-0.25, -0.2) is 0 Å². The zero-order chi connectivity index (χ0) is 25.2. The molecule has 0 amide bonds. The van der Waals surface area contributed by atoms with Crippen molar-refractivity contribution in [3.63, 3.8) is 0 Å². The Hall–Kier alpha value is -3.05. The van der Waals surface area contributed by atoms with Crippen LogP contribution >= 0.6 is 7.92 Å². The first kappa shape index (κ1) is 26.0. The van der Waals surface area contributed by atoms with Gasteiger partial charge in [0.25, 0.3) is 0 Å². The number of fused-ring (bicyclic) bond motifs is 1. The van der Waals surface area contributed by atoms with E-state index in [-0.39, 0.29) is 5.82 Å². The summed E-state index contributed by atoms with van der Waals surface area (Å²) in [5.74, 6) is 2.70. The molecule has 0 aliphatic carbocycles. The Bertz CT molecular complexity index is 1370. The van der Waals surface area contributed by atoms with E-state index in [1.54, 1.807) is 12.1 Å². The summed E-state index contributed by atoms with van der Waals surface area (Å²) in [6, 6.07) is 39.1. The van der Waals surface area contributed by atoms with Gasteiger partial charge in [-0.3, -0.25) is 0 Å². The van der Waals surface area contributed by atoms with Gasteiger partial charge in [0.05, 0.1) is 0 Å². The Morgan fingerprint density at radius 3 is 1.72 bits per heavy atom. The van der Waals surface area contributed by atoms with Crippen molar-refractivity contribution in [1.82, 2.24) is 4.98 Å². The van der Waals surface area contributed by atoms with Crippen LogP contribution in [0.3, 0.4) is 0 Å². The summed E-state index contributed by atoms with van der Waals surface area (Å²) in [4.78, 5) is 4.50. The monoisotopic (exact) mass is 671 g/mol. The molecule has 0 bridgehead atoms. The molecule has 0 N–H and O–H groups in total. The number of benzene rings is 4. The molecular weight excluding hydrogens is 645 g/mol. The average molecular weight is 672 g/mol. The van der Waals surface area contributed by atoms with E-state index in [0.717, 1.165) is 24.1 Å². The fraction of sp³-hybridized carbons (Fsp3) is 0.0938. The van der Waals surface area contributed by atoms with E-state index in [1.165, 1.54) is 22.0 Å². The molecule has 0 aliphatic heterocycles. The van der Waals surface area contributed by atoms with E-state index >= 15 is 0 Å². The van der Waals surface area contributed by atoms with Crippen LogP contribution in [0.25, 0.3) is 10.9 Å². The van der Waals surface area contributed by atoms with Crippen molar-refractivity contribution >= 4 is 34.7 Å². The third kappa shape index (κ3) is 6.58. The quantitative estimate of drug-likeness (QED) is 0.116. The number of rotatable bonds is 5. The Kier molecular flexibility index (Phi) is 9.62. The van der Waals surface area contributed by atoms with Crippen LogP contribution in [0.5, 0.6) is 0 Å². The maximum atomic E-state index is 13.6. The van der Waals surface area contributed by atoms with Gasteiger partial charge in [0.2, 0.25) is 0 Å². The van der Waals surface area contributed by atoms with Crippen LogP contribution in [0.4, 0.5) is 4.39 Å². The van der Waals surface area contributed by atoms with E-state index < -0.39 is 7.92 Å². The predicted octanol–water partition coefficient (Wildman–Crippen LogP) is 6.63. The zero-order valence-corrected chi connectivity index (χ0v) is 23.0. The van der Waals surface area contributed by atoms with Crippen molar-refractivity contribution in [2.45, 2.75) is 19.8 Å². The molecule has 0 aliphatic rings. The normalized spacial score (nSPS) is 10.4. The van der Waals surface area contributed by atoms with Gasteiger partial charge in [0, 0.05) is 0 Å². The summed E-state index contributed by atoms with van der Waals surface area (Å²) >= 11 is 2.15. The van der Waals surface area contributed by atoms with E-state index in [2.05, 4.69) is 134 Å². The van der Waals surface area contributed by atoms with Gasteiger partial charge in [0.15, 0.2) is 0 Å². The Labute approximate surface area is 226 Å². The van der Waals surface area contributed by atoms with Gasteiger partial charge < -0.3 is 0 Å². The molecule has 0 saturated heterocycles. The molecule has 5 rings (SSSR count). The van der Waals surface area contributed by atoms with Gasteiger partial charge in [0.1, 0.15) is 0 Å². The van der Waals surface area contributed by atoms with Crippen LogP contribution in [0.2, 0.25) is 0 Å². The third-order valence-corrected chi connectivity index (χ3v) is 8.30. The van der Waals surface area contributed by atoms with Crippen LogP contribution < -0.4 is 15.9 Å². The zero-order valence-electron chi connectivity index (χ0n) is 20.0. The molecule has 1 nitrogen and oxygen atoms in total. The fourth-order valence-corrected chi connectivity index (χ4v) is 6.54. The van der Waals surface area contributed by atoms with Crippen molar-refractivity contribution in [2.75, 3.05) is 0 Å². The van der Waals surface area contributed by atoms with Crippen molar-refractivity contribution < 1.29 is 25.5 Å². The molecule has 0 radical (unpaired) electrons. The molecule has 0 saturated carbocycles. The van der Waals surface area contributed by atoms with Crippen molar-refractivity contribution in [2.24, 2.45) is 0 Å². The summed E-state index contributed by atoms with van der Waals surface area (Å²) in [5.41, 5.74) is 2.43. The number of aryl methyl sites for hydroxylation is 1. The second-order valence-electron chi connectivity index (χ2n) is 8.09. The molecule has 182 valence electrons. The first-order chi connectivity index (χ1) is 17.7. The molecule has 5 aromatic rings. The van der Waals surface area contributed by atoms with Crippen LogP contribution in [-0.2, 0) is 27.5 Å². The SMILES string of the molecule is CCCc1ccc2c(F)ccc(C#[C][Au])c2n1.c1ccc(P(c2ccccc2)c2ccccc2)cc1. The second-order valence-corrected chi connectivity index (χ2v) is 10.8. The first-order valence-corrected chi connectivity index (χ1v) is 14.2. The topological polar surface area (TPSA) is 12.9 Å². The summed E-state index contributed by atoms with van der Waals surface area (Å²) in [5, 5.41) is 4.73. The molecule has 36 heavy (non-hydrogen) atoms. The molecular formula is C32H26AuFNP.